The van der Waals surface area contributed by atoms with Crippen LogP contribution >= 0.6 is 0 Å². The molecule has 1 aromatic carbocycles. The first-order valence-corrected chi connectivity index (χ1v) is 6.68. The van der Waals surface area contributed by atoms with E-state index in [1.54, 1.807) is 0 Å². The normalized spacial score (nSPS) is 11.5. The van der Waals surface area contributed by atoms with Gasteiger partial charge in [0.2, 0.25) is 0 Å². The molecule has 0 spiro atoms. The van der Waals surface area contributed by atoms with Gasteiger partial charge in [-0.3, -0.25) is 0 Å². The molecule has 0 aromatic heterocycles. The zero-order chi connectivity index (χ0) is 14.1. The Bertz CT molecular complexity index is 361. The van der Waals surface area contributed by atoms with E-state index in [1.807, 2.05) is 45.0 Å². The number of hydrogen-bond acceptors (Lipinski definition) is 4. The van der Waals surface area contributed by atoms with Crippen LogP contribution in [-0.2, 0) is 9.47 Å². The molecule has 0 atom stereocenters. The van der Waals surface area contributed by atoms with Crippen LogP contribution in [0.2, 0.25) is 0 Å². The van der Waals surface area contributed by atoms with Crippen LogP contribution in [-0.4, -0.2) is 32.0 Å². The van der Waals surface area contributed by atoms with Crippen molar-refractivity contribution in [1.29, 1.82) is 0 Å². The highest BCUT2D eigenvalue weighted by molar-refractivity contribution is 5.51. The molecule has 0 radical (unpaired) electrons. The van der Waals surface area contributed by atoms with Gasteiger partial charge in [-0.25, -0.2) is 0 Å². The lowest BCUT2D eigenvalue weighted by Crippen LogP contribution is -2.22. The molecule has 0 unspecified atom stereocenters. The summed E-state index contributed by atoms with van der Waals surface area (Å²) in [5, 5.41) is 0. The lowest BCUT2D eigenvalue weighted by molar-refractivity contribution is -0.0357. The van der Waals surface area contributed by atoms with Crippen LogP contribution in [0.5, 0.6) is 5.75 Å². The van der Waals surface area contributed by atoms with Crippen molar-refractivity contribution in [3.05, 3.63) is 24.3 Å². The molecule has 0 heterocycles. The summed E-state index contributed by atoms with van der Waals surface area (Å²) in [6.07, 6.45) is 0.837. The fraction of sp³-hybridized carbons (Fsp3) is 0.600. The number of nitrogens with two attached hydrogens (primary N) is 1. The summed E-state index contributed by atoms with van der Waals surface area (Å²) in [5.41, 5.74) is 6.34. The van der Waals surface area contributed by atoms with Crippen molar-refractivity contribution in [2.45, 2.75) is 32.8 Å². The molecule has 1 rings (SSSR count). The zero-order valence-corrected chi connectivity index (χ0v) is 12.1. The van der Waals surface area contributed by atoms with Crippen LogP contribution in [0.15, 0.2) is 24.3 Å². The minimum absolute atomic E-state index is 0.0999. The summed E-state index contributed by atoms with van der Waals surface area (Å²) in [7, 11) is 0. The van der Waals surface area contributed by atoms with Gasteiger partial charge in [0, 0.05) is 13.0 Å². The van der Waals surface area contributed by atoms with Crippen molar-refractivity contribution in [2.24, 2.45) is 0 Å². The summed E-state index contributed by atoms with van der Waals surface area (Å²) >= 11 is 0. The van der Waals surface area contributed by atoms with E-state index in [0.29, 0.717) is 32.1 Å². The van der Waals surface area contributed by atoms with Crippen molar-refractivity contribution in [1.82, 2.24) is 0 Å². The summed E-state index contributed by atoms with van der Waals surface area (Å²) in [6, 6.07) is 7.50. The quantitative estimate of drug-likeness (QED) is 0.581. The average molecular weight is 267 g/mol. The third-order valence-corrected chi connectivity index (χ3v) is 2.37. The van der Waals surface area contributed by atoms with Crippen LogP contribution in [0.25, 0.3) is 0 Å². The van der Waals surface area contributed by atoms with E-state index < -0.39 is 0 Å². The van der Waals surface area contributed by atoms with Crippen molar-refractivity contribution in [2.75, 3.05) is 32.2 Å². The third kappa shape index (κ3) is 7.70. The van der Waals surface area contributed by atoms with Crippen molar-refractivity contribution in [3.8, 4) is 5.75 Å². The topological polar surface area (TPSA) is 53.7 Å². The summed E-state index contributed by atoms with van der Waals surface area (Å²) in [4.78, 5) is 0. The molecule has 108 valence electrons. The van der Waals surface area contributed by atoms with Gasteiger partial charge in [0.05, 0.1) is 31.1 Å². The van der Waals surface area contributed by atoms with Crippen LogP contribution in [0.1, 0.15) is 27.2 Å². The fourth-order valence-electron chi connectivity index (χ4n) is 1.46. The van der Waals surface area contributed by atoms with Crippen molar-refractivity contribution in [3.63, 3.8) is 0 Å². The highest BCUT2D eigenvalue weighted by atomic mass is 16.5. The van der Waals surface area contributed by atoms with Gasteiger partial charge in [-0.15, -0.1) is 0 Å². The Kier molecular flexibility index (Phi) is 6.67. The Morgan fingerprint density at radius 2 is 1.74 bits per heavy atom. The molecule has 4 heteroatoms. The molecule has 4 nitrogen and oxygen atoms in total. The van der Waals surface area contributed by atoms with Crippen LogP contribution in [0, 0.1) is 0 Å². The Morgan fingerprint density at radius 3 is 2.42 bits per heavy atom. The van der Waals surface area contributed by atoms with Crippen molar-refractivity contribution < 1.29 is 14.2 Å². The van der Waals surface area contributed by atoms with Gasteiger partial charge >= 0.3 is 0 Å². The smallest absolute Gasteiger partial charge is 0.142 e. The van der Waals surface area contributed by atoms with Crippen molar-refractivity contribution >= 4 is 5.69 Å². The van der Waals surface area contributed by atoms with Gasteiger partial charge in [-0.1, -0.05) is 12.1 Å². The second-order valence-corrected chi connectivity index (χ2v) is 5.31. The van der Waals surface area contributed by atoms with E-state index >= 15 is 0 Å². The number of rotatable bonds is 8. The second kappa shape index (κ2) is 8.02. The molecule has 19 heavy (non-hydrogen) atoms. The second-order valence-electron chi connectivity index (χ2n) is 5.31. The minimum atomic E-state index is -0.0999. The number of para-hydroxylation sites is 2. The van der Waals surface area contributed by atoms with E-state index in [9.17, 15) is 0 Å². The monoisotopic (exact) mass is 267 g/mol. The SMILES string of the molecule is CC(C)(C)OCCOCCCOc1ccccc1N. The van der Waals surface area contributed by atoms with Crippen LogP contribution in [0.3, 0.4) is 0 Å². The predicted molar refractivity (Wildman–Crippen MR) is 77.5 cm³/mol. The van der Waals surface area contributed by atoms with E-state index in [2.05, 4.69) is 0 Å². The Labute approximate surface area is 115 Å². The number of hydrogen-bond donors (Lipinski definition) is 1. The minimum Gasteiger partial charge on any atom is -0.491 e. The van der Waals surface area contributed by atoms with E-state index in [0.717, 1.165) is 12.2 Å². The van der Waals surface area contributed by atoms with E-state index in [1.165, 1.54) is 0 Å². The molecule has 0 aliphatic heterocycles. The standard InChI is InChI=1S/C15H25NO3/c1-15(2,3)19-12-11-17-9-6-10-18-14-8-5-4-7-13(14)16/h4-5,7-8H,6,9-12,16H2,1-3H3. The number of nitrogen functional groups attached to an aromatic ring is 1. The van der Waals surface area contributed by atoms with Gasteiger partial charge < -0.3 is 19.9 Å². The molecular weight excluding hydrogens is 242 g/mol. The van der Waals surface area contributed by atoms with Gasteiger partial charge in [0.1, 0.15) is 5.75 Å². The highest BCUT2D eigenvalue weighted by Gasteiger charge is 2.08. The Morgan fingerprint density at radius 1 is 1.00 bits per heavy atom. The fourth-order valence-corrected chi connectivity index (χ4v) is 1.46. The van der Waals surface area contributed by atoms with Gasteiger partial charge in [0.25, 0.3) is 0 Å². The first kappa shape index (κ1) is 15.8. The molecule has 0 bridgehead atoms. The predicted octanol–water partition coefficient (Wildman–Crippen LogP) is 2.87. The molecule has 0 amide bonds. The Balaban J connectivity index is 1.99. The molecule has 0 saturated heterocycles. The molecule has 0 aliphatic carbocycles. The lowest BCUT2D eigenvalue weighted by Gasteiger charge is -2.19. The molecule has 0 fully saturated rings. The maximum absolute atomic E-state index is 5.77. The van der Waals surface area contributed by atoms with Gasteiger partial charge in [-0.05, 0) is 32.9 Å². The number of ether oxygens (including phenoxy) is 3. The molecule has 0 saturated carbocycles. The van der Waals surface area contributed by atoms with E-state index in [-0.39, 0.29) is 5.60 Å². The molecule has 2 N–H and O–H groups in total. The first-order chi connectivity index (χ1) is 8.99. The zero-order valence-electron chi connectivity index (χ0n) is 12.1. The first-order valence-electron chi connectivity index (χ1n) is 6.68. The number of anilines is 1. The largest absolute Gasteiger partial charge is 0.491 e. The number of benzene rings is 1. The average Bonchev–Trinajstić information content (AvgIpc) is 2.33. The Hall–Kier alpha value is -1.26. The summed E-state index contributed by atoms with van der Waals surface area (Å²) in [5.74, 6) is 0.735. The lowest BCUT2D eigenvalue weighted by atomic mass is 10.2. The van der Waals surface area contributed by atoms with Gasteiger partial charge in [0.15, 0.2) is 0 Å². The molecular formula is C15H25NO3. The van der Waals surface area contributed by atoms with E-state index in [4.69, 9.17) is 19.9 Å². The molecule has 0 aliphatic rings. The summed E-state index contributed by atoms with van der Waals surface area (Å²) < 4.78 is 16.6. The highest BCUT2D eigenvalue weighted by Crippen LogP contribution is 2.19. The maximum Gasteiger partial charge on any atom is 0.142 e. The maximum atomic E-state index is 5.77. The molecule has 1 aromatic rings. The third-order valence-electron chi connectivity index (χ3n) is 2.37. The van der Waals surface area contributed by atoms with Crippen LogP contribution in [0.4, 0.5) is 5.69 Å². The van der Waals surface area contributed by atoms with Crippen LogP contribution < -0.4 is 10.5 Å². The van der Waals surface area contributed by atoms with Gasteiger partial charge in [-0.2, -0.15) is 0 Å². The summed E-state index contributed by atoms with van der Waals surface area (Å²) in [6.45, 7) is 8.61.